The van der Waals surface area contributed by atoms with E-state index in [-0.39, 0.29) is 6.10 Å². The Morgan fingerprint density at radius 3 is 2.92 bits per heavy atom. The Morgan fingerprint density at radius 2 is 2.25 bits per heavy atom. The Morgan fingerprint density at radius 1 is 1.42 bits per heavy atom. The van der Waals surface area contributed by atoms with Crippen molar-refractivity contribution < 1.29 is 4.74 Å². The molecule has 1 fully saturated rings. The van der Waals surface area contributed by atoms with Gasteiger partial charge in [0.25, 0.3) is 0 Å². The molecule has 0 radical (unpaired) electrons. The van der Waals surface area contributed by atoms with E-state index in [1.165, 1.54) is 11.1 Å². The zero-order valence-corrected chi connectivity index (χ0v) is 7.21. The minimum Gasteiger partial charge on any atom is -0.357 e. The number of aryl methyl sites for hydroxylation is 1. The van der Waals surface area contributed by atoms with E-state index in [0.717, 1.165) is 6.54 Å². The Labute approximate surface area is 72.5 Å². The first-order valence-electron chi connectivity index (χ1n) is 4.26. The van der Waals surface area contributed by atoms with Crippen molar-refractivity contribution in [3.8, 4) is 0 Å². The molecule has 1 aliphatic heterocycles. The highest BCUT2D eigenvalue weighted by Gasteiger charge is 2.17. The fraction of sp³-hybridized carbons (Fsp3) is 0.400. The third kappa shape index (κ3) is 1.36. The van der Waals surface area contributed by atoms with E-state index in [4.69, 9.17) is 4.74 Å². The van der Waals surface area contributed by atoms with Crippen molar-refractivity contribution in [2.75, 3.05) is 13.3 Å². The van der Waals surface area contributed by atoms with Crippen LogP contribution in [0.15, 0.2) is 24.3 Å². The first-order valence-corrected chi connectivity index (χ1v) is 4.26. The summed E-state index contributed by atoms with van der Waals surface area (Å²) in [5.74, 6) is 0. The van der Waals surface area contributed by atoms with Crippen LogP contribution in [0.25, 0.3) is 0 Å². The number of rotatable bonds is 1. The molecular weight excluding hydrogens is 150 g/mol. The van der Waals surface area contributed by atoms with Crippen LogP contribution in [0.3, 0.4) is 0 Å². The van der Waals surface area contributed by atoms with Gasteiger partial charge in [-0.3, -0.25) is 5.32 Å². The molecule has 1 heterocycles. The molecule has 64 valence electrons. The molecule has 1 aromatic rings. The maximum absolute atomic E-state index is 5.51. The summed E-state index contributed by atoms with van der Waals surface area (Å²) in [5, 5.41) is 3.18. The standard InChI is InChI=1S/C10H13NO/c1-8-4-2-3-5-9(8)10-6-11-7-12-10/h2-5,10-11H,6-7H2,1H3. The smallest absolute Gasteiger partial charge is 0.0975 e. The summed E-state index contributed by atoms with van der Waals surface area (Å²) in [5.41, 5.74) is 2.62. The Hall–Kier alpha value is -0.860. The van der Waals surface area contributed by atoms with Gasteiger partial charge in [-0.15, -0.1) is 0 Å². The van der Waals surface area contributed by atoms with Crippen LogP contribution in [-0.4, -0.2) is 13.3 Å². The molecule has 1 saturated heterocycles. The summed E-state index contributed by atoms with van der Waals surface area (Å²) < 4.78 is 5.51. The van der Waals surface area contributed by atoms with Crippen LogP contribution < -0.4 is 5.32 Å². The summed E-state index contributed by atoms with van der Waals surface area (Å²) in [4.78, 5) is 0. The molecule has 2 nitrogen and oxygen atoms in total. The molecule has 2 heteroatoms. The van der Waals surface area contributed by atoms with Crippen LogP contribution >= 0.6 is 0 Å². The largest absolute Gasteiger partial charge is 0.357 e. The highest BCUT2D eigenvalue weighted by Crippen LogP contribution is 2.22. The van der Waals surface area contributed by atoms with E-state index in [2.05, 4.69) is 36.5 Å². The van der Waals surface area contributed by atoms with Crippen molar-refractivity contribution in [2.24, 2.45) is 0 Å². The molecule has 1 aromatic carbocycles. The molecule has 0 bridgehead atoms. The molecule has 1 atom stereocenters. The monoisotopic (exact) mass is 163 g/mol. The summed E-state index contributed by atoms with van der Waals surface area (Å²) in [7, 11) is 0. The van der Waals surface area contributed by atoms with E-state index in [1.807, 2.05) is 0 Å². The average Bonchev–Trinajstić information content (AvgIpc) is 2.57. The maximum Gasteiger partial charge on any atom is 0.0975 e. The lowest BCUT2D eigenvalue weighted by Gasteiger charge is -2.10. The van der Waals surface area contributed by atoms with Gasteiger partial charge in [-0.1, -0.05) is 24.3 Å². The normalized spacial score (nSPS) is 22.9. The summed E-state index contributed by atoms with van der Waals surface area (Å²) in [6.07, 6.45) is 0.256. The first kappa shape index (κ1) is 7.77. The molecule has 12 heavy (non-hydrogen) atoms. The third-order valence-corrected chi connectivity index (χ3v) is 2.25. The molecule has 2 rings (SSSR count). The highest BCUT2D eigenvalue weighted by atomic mass is 16.5. The highest BCUT2D eigenvalue weighted by molar-refractivity contribution is 5.28. The second-order valence-corrected chi connectivity index (χ2v) is 3.11. The van der Waals surface area contributed by atoms with E-state index in [0.29, 0.717) is 6.73 Å². The Balaban J connectivity index is 2.26. The van der Waals surface area contributed by atoms with Crippen molar-refractivity contribution in [1.82, 2.24) is 5.32 Å². The van der Waals surface area contributed by atoms with E-state index in [9.17, 15) is 0 Å². The third-order valence-electron chi connectivity index (χ3n) is 2.25. The maximum atomic E-state index is 5.51. The van der Waals surface area contributed by atoms with Gasteiger partial charge in [0, 0.05) is 6.54 Å². The van der Waals surface area contributed by atoms with Gasteiger partial charge in [0.2, 0.25) is 0 Å². The van der Waals surface area contributed by atoms with Gasteiger partial charge in [-0.25, -0.2) is 0 Å². The molecule has 1 aliphatic rings. The van der Waals surface area contributed by atoms with Gasteiger partial charge in [0.05, 0.1) is 12.8 Å². The van der Waals surface area contributed by atoms with Gasteiger partial charge in [0.15, 0.2) is 0 Å². The first-order chi connectivity index (χ1) is 5.88. The number of ether oxygens (including phenoxy) is 1. The number of hydrogen-bond acceptors (Lipinski definition) is 2. The molecule has 0 saturated carbocycles. The summed E-state index contributed by atoms with van der Waals surface area (Å²) in [6.45, 7) is 3.74. The molecule has 0 aliphatic carbocycles. The topological polar surface area (TPSA) is 21.3 Å². The van der Waals surface area contributed by atoms with Crippen LogP contribution in [-0.2, 0) is 4.74 Å². The van der Waals surface area contributed by atoms with Crippen LogP contribution in [0.1, 0.15) is 17.2 Å². The van der Waals surface area contributed by atoms with Crippen molar-refractivity contribution in [3.05, 3.63) is 35.4 Å². The minimum absolute atomic E-state index is 0.256. The zero-order chi connectivity index (χ0) is 8.39. The number of nitrogens with one attached hydrogen (secondary N) is 1. The van der Waals surface area contributed by atoms with Gasteiger partial charge >= 0.3 is 0 Å². The van der Waals surface area contributed by atoms with Gasteiger partial charge < -0.3 is 4.74 Å². The fourth-order valence-electron chi connectivity index (χ4n) is 1.56. The molecule has 1 N–H and O–H groups in total. The lowest BCUT2D eigenvalue weighted by Crippen LogP contribution is -2.08. The Bertz CT molecular complexity index is 266. The molecule has 1 unspecified atom stereocenters. The zero-order valence-electron chi connectivity index (χ0n) is 7.21. The lowest BCUT2D eigenvalue weighted by atomic mass is 10.0. The minimum atomic E-state index is 0.256. The molecule has 0 amide bonds. The van der Waals surface area contributed by atoms with Gasteiger partial charge in [0.1, 0.15) is 0 Å². The second-order valence-electron chi connectivity index (χ2n) is 3.11. The van der Waals surface area contributed by atoms with E-state index in [1.54, 1.807) is 0 Å². The van der Waals surface area contributed by atoms with Crippen molar-refractivity contribution in [1.29, 1.82) is 0 Å². The summed E-state index contributed by atoms with van der Waals surface area (Å²) >= 11 is 0. The number of benzene rings is 1. The average molecular weight is 163 g/mol. The van der Waals surface area contributed by atoms with E-state index < -0.39 is 0 Å². The van der Waals surface area contributed by atoms with E-state index >= 15 is 0 Å². The van der Waals surface area contributed by atoms with Crippen molar-refractivity contribution >= 4 is 0 Å². The SMILES string of the molecule is Cc1ccccc1C1CNCO1. The summed E-state index contributed by atoms with van der Waals surface area (Å²) in [6, 6.07) is 8.37. The quantitative estimate of drug-likeness (QED) is 0.679. The predicted molar refractivity (Wildman–Crippen MR) is 47.9 cm³/mol. The fourth-order valence-corrected chi connectivity index (χ4v) is 1.56. The molecule has 0 aromatic heterocycles. The van der Waals surface area contributed by atoms with Crippen LogP contribution in [0, 0.1) is 6.92 Å². The molecule has 0 spiro atoms. The van der Waals surface area contributed by atoms with Crippen molar-refractivity contribution in [2.45, 2.75) is 13.0 Å². The Kier molecular flexibility index (Phi) is 2.11. The predicted octanol–water partition coefficient (Wildman–Crippen LogP) is 1.61. The van der Waals surface area contributed by atoms with Crippen molar-refractivity contribution in [3.63, 3.8) is 0 Å². The molecular formula is C10H13NO. The van der Waals surface area contributed by atoms with Gasteiger partial charge in [-0.2, -0.15) is 0 Å². The lowest BCUT2D eigenvalue weighted by molar-refractivity contribution is 0.114. The van der Waals surface area contributed by atoms with Gasteiger partial charge in [-0.05, 0) is 18.1 Å². The number of hydrogen-bond donors (Lipinski definition) is 1. The van der Waals surface area contributed by atoms with Crippen LogP contribution in [0.5, 0.6) is 0 Å². The second kappa shape index (κ2) is 3.25. The van der Waals surface area contributed by atoms with Crippen LogP contribution in [0.4, 0.5) is 0 Å². The van der Waals surface area contributed by atoms with Crippen LogP contribution in [0.2, 0.25) is 0 Å².